The molecule has 0 N–H and O–H groups in total. The zero-order valence-corrected chi connectivity index (χ0v) is 14.4. The summed E-state index contributed by atoms with van der Waals surface area (Å²) in [5, 5.41) is 8.59. The van der Waals surface area contributed by atoms with E-state index in [0.29, 0.717) is 11.7 Å². The third-order valence-corrected chi connectivity index (χ3v) is 4.31. The first-order valence-electron chi connectivity index (χ1n) is 7.74. The molecule has 0 fully saturated rings. The standard InChI is InChI=1S/C19H18N2O2S/c1-3-23-19(22)18-20-21(16-11-9-14(2)10-12-16)17(13-24-18)15-7-5-4-6-8-15/h4-13H,3H2,1-2H3. The van der Waals surface area contributed by atoms with Gasteiger partial charge in [-0.15, -0.1) is 0 Å². The largest absolute Gasteiger partial charge is 0.461 e. The number of benzene rings is 2. The number of anilines is 1. The maximum Gasteiger partial charge on any atom is 0.365 e. The van der Waals surface area contributed by atoms with Crippen molar-refractivity contribution >= 4 is 34.2 Å². The van der Waals surface area contributed by atoms with Crippen LogP contribution in [0.25, 0.3) is 5.70 Å². The average molecular weight is 338 g/mol. The highest BCUT2D eigenvalue weighted by Gasteiger charge is 2.24. The lowest BCUT2D eigenvalue weighted by atomic mass is 10.1. The molecule has 3 rings (SSSR count). The molecular formula is C19H18N2O2S. The Morgan fingerprint density at radius 1 is 1.12 bits per heavy atom. The second-order valence-electron chi connectivity index (χ2n) is 5.26. The molecule has 0 aromatic heterocycles. The van der Waals surface area contributed by atoms with Crippen molar-refractivity contribution in [1.82, 2.24) is 0 Å². The summed E-state index contributed by atoms with van der Waals surface area (Å²) >= 11 is 1.29. The van der Waals surface area contributed by atoms with E-state index in [4.69, 9.17) is 4.74 Å². The predicted molar refractivity (Wildman–Crippen MR) is 99.7 cm³/mol. The van der Waals surface area contributed by atoms with E-state index in [0.717, 1.165) is 16.9 Å². The van der Waals surface area contributed by atoms with Crippen molar-refractivity contribution in [3.05, 3.63) is 71.1 Å². The van der Waals surface area contributed by atoms with Crippen LogP contribution in [0.1, 0.15) is 18.1 Å². The Labute approximate surface area is 145 Å². The molecule has 5 heteroatoms. The van der Waals surface area contributed by atoms with E-state index in [2.05, 4.69) is 5.10 Å². The zero-order valence-electron chi connectivity index (χ0n) is 13.6. The van der Waals surface area contributed by atoms with Gasteiger partial charge in [0.1, 0.15) is 0 Å². The normalized spacial score (nSPS) is 14.0. The fraction of sp³-hybridized carbons (Fsp3) is 0.158. The minimum absolute atomic E-state index is 0.331. The number of hydrogen-bond donors (Lipinski definition) is 0. The van der Waals surface area contributed by atoms with Gasteiger partial charge in [-0.05, 0) is 26.0 Å². The summed E-state index contributed by atoms with van der Waals surface area (Å²) in [4.78, 5) is 12.0. The second kappa shape index (κ2) is 7.36. The number of ether oxygens (including phenoxy) is 1. The molecule has 0 unspecified atom stereocenters. The van der Waals surface area contributed by atoms with Crippen LogP contribution < -0.4 is 5.01 Å². The van der Waals surface area contributed by atoms with Gasteiger partial charge < -0.3 is 4.74 Å². The molecule has 4 nitrogen and oxygen atoms in total. The monoisotopic (exact) mass is 338 g/mol. The lowest BCUT2D eigenvalue weighted by molar-refractivity contribution is -0.134. The summed E-state index contributed by atoms with van der Waals surface area (Å²) in [6, 6.07) is 18.0. The lowest BCUT2D eigenvalue weighted by Crippen LogP contribution is -2.24. The summed E-state index contributed by atoms with van der Waals surface area (Å²) in [6.45, 7) is 4.16. The van der Waals surface area contributed by atoms with Crippen molar-refractivity contribution in [1.29, 1.82) is 0 Å². The van der Waals surface area contributed by atoms with Gasteiger partial charge in [-0.2, -0.15) is 5.10 Å². The van der Waals surface area contributed by atoms with Crippen LogP contribution >= 0.6 is 11.8 Å². The number of aryl methyl sites for hydroxylation is 1. The minimum atomic E-state index is -0.400. The quantitative estimate of drug-likeness (QED) is 0.774. The summed E-state index contributed by atoms with van der Waals surface area (Å²) in [7, 11) is 0. The van der Waals surface area contributed by atoms with Gasteiger partial charge in [-0.25, -0.2) is 9.80 Å². The smallest absolute Gasteiger partial charge is 0.365 e. The van der Waals surface area contributed by atoms with Gasteiger partial charge in [-0.3, -0.25) is 0 Å². The SMILES string of the molecule is CCOC(=O)C1=NN(c2ccc(C)cc2)C(c2ccccc2)=CS1. The summed E-state index contributed by atoms with van der Waals surface area (Å²) < 4.78 is 5.08. The molecule has 2 aromatic carbocycles. The molecule has 0 aliphatic carbocycles. The highest BCUT2D eigenvalue weighted by molar-refractivity contribution is 8.18. The van der Waals surface area contributed by atoms with Crippen molar-refractivity contribution in [2.75, 3.05) is 11.6 Å². The van der Waals surface area contributed by atoms with Gasteiger partial charge in [0, 0.05) is 11.0 Å². The third-order valence-electron chi connectivity index (χ3n) is 3.50. The third kappa shape index (κ3) is 3.51. The molecule has 122 valence electrons. The van der Waals surface area contributed by atoms with E-state index in [1.165, 1.54) is 17.3 Å². The van der Waals surface area contributed by atoms with Gasteiger partial charge >= 0.3 is 5.97 Å². The Balaban J connectivity index is 2.00. The Bertz CT molecular complexity index is 783. The number of hydrazone groups is 1. The highest BCUT2D eigenvalue weighted by Crippen LogP contribution is 2.33. The molecule has 1 aliphatic heterocycles. The molecule has 0 saturated heterocycles. The summed E-state index contributed by atoms with van der Waals surface area (Å²) in [5.74, 6) is -0.400. The number of hydrogen-bond acceptors (Lipinski definition) is 5. The van der Waals surface area contributed by atoms with Crippen LogP contribution in [0.2, 0.25) is 0 Å². The first-order chi connectivity index (χ1) is 11.7. The molecule has 1 aliphatic rings. The van der Waals surface area contributed by atoms with Crippen LogP contribution in [0.4, 0.5) is 5.69 Å². The Kier molecular flexibility index (Phi) is 5.01. The Morgan fingerprint density at radius 2 is 1.83 bits per heavy atom. The molecule has 0 atom stereocenters. The summed E-state index contributed by atoms with van der Waals surface area (Å²) in [6.07, 6.45) is 0. The van der Waals surface area contributed by atoms with Crippen LogP contribution in [0, 0.1) is 6.92 Å². The molecule has 0 bridgehead atoms. The van der Waals surface area contributed by atoms with Crippen molar-refractivity contribution in [3.63, 3.8) is 0 Å². The zero-order chi connectivity index (χ0) is 16.9. The first-order valence-corrected chi connectivity index (χ1v) is 8.62. The molecule has 1 heterocycles. The fourth-order valence-corrected chi connectivity index (χ4v) is 3.04. The molecule has 2 aromatic rings. The van der Waals surface area contributed by atoms with Crippen LogP contribution in [-0.4, -0.2) is 17.6 Å². The van der Waals surface area contributed by atoms with E-state index in [9.17, 15) is 4.79 Å². The van der Waals surface area contributed by atoms with Crippen molar-refractivity contribution in [2.24, 2.45) is 5.10 Å². The number of carbonyl (C=O) groups is 1. The molecule has 24 heavy (non-hydrogen) atoms. The van der Waals surface area contributed by atoms with Gasteiger partial charge in [0.05, 0.1) is 18.0 Å². The number of thioether (sulfide) groups is 1. The minimum Gasteiger partial charge on any atom is -0.461 e. The topological polar surface area (TPSA) is 41.9 Å². The Hall–Kier alpha value is -2.53. The van der Waals surface area contributed by atoms with Gasteiger partial charge in [-0.1, -0.05) is 59.8 Å². The number of carbonyl (C=O) groups excluding carboxylic acids is 1. The Morgan fingerprint density at radius 3 is 2.50 bits per heavy atom. The van der Waals surface area contributed by atoms with E-state index < -0.39 is 5.97 Å². The van der Waals surface area contributed by atoms with Gasteiger partial charge in [0.15, 0.2) is 0 Å². The maximum absolute atomic E-state index is 12.0. The van der Waals surface area contributed by atoms with Gasteiger partial charge in [0.2, 0.25) is 5.04 Å². The first kappa shape index (κ1) is 16.3. The van der Waals surface area contributed by atoms with E-state index in [-0.39, 0.29) is 0 Å². The second-order valence-corrected chi connectivity index (χ2v) is 6.12. The van der Waals surface area contributed by atoms with E-state index in [1.54, 1.807) is 11.9 Å². The maximum atomic E-state index is 12.0. The average Bonchev–Trinajstić information content (AvgIpc) is 2.63. The van der Waals surface area contributed by atoms with E-state index in [1.807, 2.05) is 66.9 Å². The molecule has 0 saturated carbocycles. The predicted octanol–water partition coefficient (Wildman–Crippen LogP) is 4.42. The molecule has 0 spiro atoms. The number of rotatable bonds is 4. The van der Waals surface area contributed by atoms with E-state index >= 15 is 0 Å². The van der Waals surface area contributed by atoms with Crippen LogP contribution in [0.5, 0.6) is 0 Å². The number of esters is 1. The molecular weight excluding hydrogens is 320 g/mol. The van der Waals surface area contributed by atoms with Crippen LogP contribution in [-0.2, 0) is 9.53 Å². The molecule has 0 radical (unpaired) electrons. The summed E-state index contributed by atoms with van der Waals surface area (Å²) in [5.41, 5.74) is 4.04. The van der Waals surface area contributed by atoms with Crippen molar-refractivity contribution in [2.45, 2.75) is 13.8 Å². The molecule has 0 amide bonds. The van der Waals surface area contributed by atoms with Crippen molar-refractivity contribution in [3.8, 4) is 0 Å². The lowest BCUT2D eigenvalue weighted by Gasteiger charge is -2.26. The van der Waals surface area contributed by atoms with Crippen LogP contribution in [0.15, 0.2) is 65.1 Å². The highest BCUT2D eigenvalue weighted by atomic mass is 32.2. The fourth-order valence-electron chi connectivity index (χ4n) is 2.29. The van der Waals surface area contributed by atoms with Crippen LogP contribution in [0.3, 0.4) is 0 Å². The van der Waals surface area contributed by atoms with Crippen molar-refractivity contribution < 1.29 is 9.53 Å². The number of nitrogens with zero attached hydrogens (tertiary/aromatic N) is 2. The van der Waals surface area contributed by atoms with Gasteiger partial charge in [0.25, 0.3) is 0 Å².